The van der Waals surface area contributed by atoms with Crippen molar-refractivity contribution >= 4 is 24.2 Å². The van der Waals surface area contributed by atoms with E-state index >= 15 is 0 Å². The predicted molar refractivity (Wildman–Crippen MR) is 107 cm³/mol. The average molecular weight is 396 g/mol. The van der Waals surface area contributed by atoms with Crippen LogP contribution in [0.2, 0.25) is 0 Å². The number of amides is 2. The van der Waals surface area contributed by atoms with Crippen LogP contribution < -0.4 is 10.5 Å². The molecule has 1 saturated carbocycles. The van der Waals surface area contributed by atoms with Crippen molar-refractivity contribution in [3.05, 3.63) is 29.8 Å². The van der Waals surface area contributed by atoms with Crippen LogP contribution in [-0.2, 0) is 4.79 Å². The summed E-state index contributed by atoms with van der Waals surface area (Å²) in [5.41, 5.74) is 6.26. The normalized spacial score (nSPS) is 19.2. The van der Waals surface area contributed by atoms with Crippen molar-refractivity contribution in [2.75, 3.05) is 32.8 Å². The van der Waals surface area contributed by atoms with E-state index in [0.29, 0.717) is 44.1 Å². The van der Waals surface area contributed by atoms with Gasteiger partial charge in [-0.05, 0) is 31.9 Å². The van der Waals surface area contributed by atoms with Gasteiger partial charge in [-0.1, -0.05) is 31.4 Å². The van der Waals surface area contributed by atoms with Crippen molar-refractivity contribution in [1.82, 2.24) is 9.80 Å². The monoisotopic (exact) mass is 395 g/mol. The number of carbonyl (C=O) groups is 2. The van der Waals surface area contributed by atoms with Crippen LogP contribution >= 0.6 is 12.4 Å². The molecule has 1 aromatic rings. The van der Waals surface area contributed by atoms with Crippen molar-refractivity contribution in [2.45, 2.75) is 44.6 Å². The number of carbonyl (C=O) groups excluding carboxylic acids is 2. The molecule has 1 aromatic carbocycles. The van der Waals surface area contributed by atoms with E-state index < -0.39 is 5.54 Å². The van der Waals surface area contributed by atoms with E-state index in [2.05, 4.69) is 0 Å². The van der Waals surface area contributed by atoms with Crippen molar-refractivity contribution < 1.29 is 14.3 Å². The smallest absolute Gasteiger partial charge is 0.257 e. The Hall–Kier alpha value is -1.79. The minimum absolute atomic E-state index is 0. The molecule has 0 aromatic heterocycles. The summed E-state index contributed by atoms with van der Waals surface area (Å²) in [6.45, 7) is 4.56. The molecule has 0 bridgehead atoms. The molecule has 1 saturated heterocycles. The molecular weight excluding hydrogens is 366 g/mol. The number of rotatable bonds is 4. The Balaban J connectivity index is 0.00000261. The molecule has 150 valence electrons. The zero-order valence-electron chi connectivity index (χ0n) is 16.0. The van der Waals surface area contributed by atoms with Crippen molar-refractivity contribution in [3.63, 3.8) is 0 Å². The Kier molecular flexibility index (Phi) is 7.50. The first-order valence-electron chi connectivity index (χ1n) is 9.64. The topological polar surface area (TPSA) is 75.9 Å². The van der Waals surface area contributed by atoms with Crippen LogP contribution in [0.4, 0.5) is 0 Å². The van der Waals surface area contributed by atoms with Gasteiger partial charge < -0.3 is 20.3 Å². The highest BCUT2D eigenvalue weighted by molar-refractivity contribution is 5.97. The standard InChI is InChI=1S/C20H29N3O3.ClH/c1-2-26-17-9-5-4-8-16(17)18(24)22-12-14-23(15-13-22)19(25)20(21)10-6-3-7-11-20;/h4-5,8-9H,2-3,6-7,10-15,21H2,1H3;1H. The predicted octanol–water partition coefficient (Wildman–Crippen LogP) is 2.45. The average Bonchev–Trinajstić information content (AvgIpc) is 2.68. The molecule has 1 aliphatic carbocycles. The van der Waals surface area contributed by atoms with Crippen LogP contribution in [0.5, 0.6) is 5.75 Å². The fourth-order valence-corrected chi connectivity index (χ4v) is 3.92. The third-order valence-corrected chi connectivity index (χ3v) is 5.44. The lowest BCUT2D eigenvalue weighted by molar-refractivity contribution is -0.139. The Morgan fingerprint density at radius 2 is 1.63 bits per heavy atom. The Morgan fingerprint density at radius 1 is 1.04 bits per heavy atom. The Bertz CT molecular complexity index is 654. The number of hydrogen-bond acceptors (Lipinski definition) is 4. The fraction of sp³-hybridized carbons (Fsp3) is 0.600. The minimum Gasteiger partial charge on any atom is -0.493 e. The highest BCUT2D eigenvalue weighted by Crippen LogP contribution is 2.28. The molecule has 27 heavy (non-hydrogen) atoms. The summed E-state index contributed by atoms with van der Waals surface area (Å²) < 4.78 is 5.57. The van der Waals surface area contributed by atoms with Gasteiger partial charge in [-0.25, -0.2) is 0 Å². The van der Waals surface area contributed by atoms with Gasteiger partial charge in [0.05, 0.1) is 17.7 Å². The van der Waals surface area contributed by atoms with Gasteiger partial charge in [0.1, 0.15) is 5.75 Å². The van der Waals surface area contributed by atoms with Gasteiger partial charge in [0, 0.05) is 26.2 Å². The molecule has 2 fully saturated rings. The van der Waals surface area contributed by atoms with Crippen molar-refractivity contribution in [3.8, 4) is 5.75 Å². The highest BCUT2D eigenvalue weighted by Gasteiger charge is 2.39. The summed E-state index contributed by atoms with van der Waals surface area (Å²) >= 11 is 0. The van der Waals surface area contributed by atoms with Crippen LogP contribution in [0, 0.1) is 0 Å². The SMILES string of the molecule is CCOc1ccccc1C(=O)N1CCN(C(=O)C2(N)CCCCC2)CC1.Cl. The lowest BCUT2D eigenvalue weighted by Crippen LogP contribution is -2.60. The Morgan fingerprint density at radius 3 is 2.26 bits per heavy atom. The zero-order chi connectivity index (χ0) is 18.6. The van der Waals surface area contributed by atoms with Crippen LogP contribution in [0.1, 0.15) is 49.4 Å². The maximum absolute atomic E-state index is 12.9. The largest absolute Gasteiger partial charge is 0.493 e. The van der Waals surface area contributed by atoms with E-state index in [0.717, 1.165) is 32.1 Å². The molecule has 0 atom stereocenters. The molecule has 2 aliphatic rings. The summed E-state index contributed by atoms with van der Waals surface area (Å²) in [6.07, 6.45) is 4.75. The fourth-order valence-electron chi connectivity index (χ4n) is 3.92. The lowest BCUT2D eigenvalue weighted by atomic mass is 9.81. The van der Waals surface area contributed by atoms with Gasteiger partial charge in [0.2, 0.25) is 5.91 Å². The number of benzene rings is 1. The second kappa shape index (κ2) is 9.42. The van der Waals surface area contributed by atoms with Gasteiger partial charge in [-0.15, -0.1) is 12.4 Å². The summed E-state index contributed by atoms with van der Waals surface area (Å²) in [5.74, 6) is 0.627. The second-order valence-electron chi connectivity index (χ2n) is 7.23. The van der Waals surface area contributed by atoms with E-state index in [9.17, 15) is 9.59 Å². The molecule has 2 amide bonds. The third kappa shape index (κ3) is 4.74. The molecule has 1 aliphatic heterocycles. The molecule has 3 rings (SSSR count). The number of para-hydroxylation sites is 1. The van der Waals surface area contributed by atoms with Crippen molar-refractivity contribution in [1.29, 1.82) is 0 Å². The maximum atomic E-state index is 12.9. The molecule has 2 N–H and O–H groups in total. The first-order valence-corrected chi connectivity index (χ1v) is 9.64. The molecule has 0 spiro atoms. The summed E-state index contributed by atoms with van der Waals surface area (Å²) in [4.78, 5) is 29.3. The molecule has 7 heteroatoms. The summed E-state index contributed by atoms with van der Waals surface area (Å²) in [5, 5.41) is 0. The molecule has 6 nitrogen and oxygen atoms in total. The van der Waals surface area contributed by atoms with E-state index in [1.54, 1.807) is 11.0 Å². The van der Waals surface area contributed by atoms with Gasteiger partial charge in [-0.2, -0.15) is 0 Å². The summed E-state index contributed by atoms with van der Waals surface area (Å²) in [7, 11) is 0. The second-order valence-corrected chi connectivity index (χ2v) is 7.23. The first kappa shape index (κ1) is 21.5. The number of ether oxygens (including phenoxy) is 1. The summed E-state index contributed by atoms with van der Waals surface area (Å²) in [6, 6.07) is 7.32. The van der Waals surface area contributed by atoms with Crippen LogP contribution in [0.15, 0.2) is 24.3 Å². The minimum atomic E-state index is -0.702. The van der Waals surface area contributed by atoms with E-state index in [1.807, 2.05) is 30.0 Å². The maximum Gasteiger partial charge on any atom is 0.257 e. The highest BCUT2D eigenvalue weighted by atomic mass is 35.5. The van der Waals surface area contributed by atoms with Gasteiger partial charge >= 0.3 is 0 Å². The van der Waals surface area contributed by atoms with Gasteiger partial charge in [-0.3, -0.25) is 9.59 Å². The third-order valence-electron chi connectivity index (χ3n) is 5.44. The zero-order valence-corrected chi connectivity index (χ0v) is 16.8. The molecular formula is C20H30ClN3O3. The van der Waals surface area contributed by atoms with Gasteiger partial charge in [0.25, 0.3) is 5.91 Å². The van der Waals surface area contributed by atoms with Crippen LogP contribution in [0.3, 0.4) is 0 Å². The molecule has 1 heterocycles. The molecule has 0 unspecified atom stereocenters. The first-order chi connectivity index (χ1) is 12.5. The van der Waals surface area contributed by atoms with Crippen molar-refractivity contribution in [2.24, 2.45) is 5.73 Å². The lowest BCUT2D eigenvalue weighted by Gasteiger charge is -2.41. The van der Waals surface area contributed by atoms with Gasteiger partial charge in [0.15, 0.2) is 0 Å². The number of piperazine rings is 1. The number of nitrogens with two attached hydrogens (primary N) is 1. The van der Waals surface area contributed by atoms with Crippen LogP contribution in [0.25, 0.3) is 0 Å². The quantitative estimate of drug-likeness (QED) is 0.849. The molecule has 0 radical (unpaired) electrons. The number of nitrogens with zero attached hydrogens (tertiary/aromatic N) is 2. The number of hydrogen-bond donors (Lipinski definition) is 1. The van der Waals surface area contributed by atoms with Crippen LogP contribution in [-0.4, -0.2) is 59.9 Å². The van der Waals surface area contributed by atoms with E-state index in [4.69, 9.17) is 10.5 Å². The number of halogens is 1. The Labute approximate surface area is 167 Å². The van der Waals surface area contributed by atoms with E-state index in [-0.39, 0.29) is 24.2 Å². The van der Waals surface area contributed by atoms with E-state index in [1.165, 1.54) is 0 Å².